The van der Waals surface area contributed by atoms with Crippen molar-refractivity contribution in [1.29, 1.82) is 0 Å². The zero-order valence-electron chi connectivity index (χ0n) is 9.67. The number of amides is 1. The molecule has 3 N–H and O–H groups in total. The van der Waals surface area contributed by atoms with Crippen LogP contribution in [0.2, 0.25) is 0 Å². The first-order valence-corrected chi connectivity index (χ1v) is 6.05. The second-order valence-corrected chi connectivity index (χ2v) is 4.60. The molecular formula is C11H11BrN2O5. The standard InChI is InChI=1S/C11H11BrN2O5/c12-7-3-6(4-13-5-7)10(17)14-8(11(18)19)1-2-9(15)16/h3-5,8H,1-2H2,(H,14,17)(H,15,16)(H,18,19)/t8-/m0/s1. The molecule has 1 amide bonds. The number of carboxylic acid groups (broad SMARTS) is 2. The molecule has 0 radical (unpaired) electrons. The summed E-state index contributed by atoms with van der Waals surface area (Å²) in [5, 5.41) is 19.7. The normalized spacial score (nSPS) is 11.6. The van der Waals surface area contributed by atoms with Gasteiger partial charge in [0.05, 0.1) is 5.56 Å². The Bertz CT molecular complexity index is 506. The minimum atomic E-state index is -1.28. The highest BCUT2D eigenvalue weighted by Crippen LogP contribution is 2.10. The number of carbonyl (C=O) groups excluding carboxylic acids is 1. The molecule has 0 fully saturated rings. The van der Waals surface area contributed by atoms with Crippen LogP contribution in [-0.4, -0.2) is 39.1 Å². The number of carboxylic acids is 2. The van der Waals surface area contributed by atoms with E-state index in [1.54, 1.807) is 0 Å². The van der Waals surface area contributed by atoms with Crippen molar-refractivity contribution < 1.29 is 24.6 Å². The molecule has 7 nitrogen and oxygen atoms in total. The number of hydrogen-bond acceptors (Lipinski definition) is 4. The Morgan fingerprint density at radius 2 is 2.00 bits per heavy atom. The Balaban J connectivity index is 2.71. The van der Waals surface area contributed by atoms with Crippen molar-refractivity contribution in [2.75, 3.05) is 0 Å². The van der Waals surface area contributed by atoms with Gasteiger partial charge >= 0.3 is 11.9 Å². The summed E-state index contributed by atoms with van der Waals surface area (Å²) in [6.45, 7) is 0. The molecule has 1 atom stereocenters. The van der Waals surface area contributed by atoms with E-state index in [1.807, 2.05) is 0 Å². The van der Waals surface area contributed by atoms with E-state index in [0.717, 1.165) is 0 Å². The van der Waals surface area contributed by atoms with Gasteiger partial charge < -0.3 is 15.5 Å². The van der Waals surface area contributed by atoms with Gasteiger partial charge in [0, 0.05) is 23.3 Å². The molecule has 0 aliphatic heterocycles. The topological polar surface area (TPSA) is 117 Å². The smallest absolute Gasteiger partial charge is 0.326 e. The van der Waals surface area contributed by atoms with Crippen molar-refractivity contribution in [2.24, 2.45) is 0 Å². The van der Waals surface area contributed by atoms with E-state index in [4.69, 9.17) is 10.2 Å². The Labute approximate surface area is 116 Å². The quantitative estimate of drug-likeness (QED) is 0.713. The molecule has 0 aromatic carbocycles. The number of nitrogens with one attached hydrogen (secondary N) is 1. The van der Waals surface area contributed by atoms with Gasteiger partial charge in [0.1, 0.15) is 6.04 Å². The Hall–Kier alpha value is -1.96. The van der Waals surface area contributed by atoms with Crippen LogP contribution in [0, 0.1) is 0 Å². The molecular weight excluding hydrogens is 320 g/mol. The van der Waals surface area contributed by atoms with Crippen LogP contribution < -0.4 is 5.32 Å². The molecule has 1 aromatic heterocycles. The van der Waals surface area contributed by atoms with Gasteiger partial charge in [0.25, 0.3) is 5.91 Å². The average molecular weight is 331 g/mol. The van der Waals surface area contributed by atoms with Crippen molar-refractivity contribution in [2.45, 2.75) is 18.9 Å². The summed E-state index contributed by atoms with van der Waals surface area (Å²) in [5.74, 6) is -3.02. The second kappa shape index (κ2) is 6.83. The van der Waals surface area contributed by atoms with Crippen LogP contribution >= 0.6 is 15.9 Å². The maximum atomic E-state index is 11.8. The van der Waals surface area contributed by atoms with Gasteiger partial charge in [0.15, 0.2) is 0 Å². The fraction of sp³-hybridized carbons (Fsp3) is 0.273. The van der Waals surface area contributed by atoms with E-state index >= 15 is 0 Å². The van der Waals surface area contributed by atoms with Gasteiger partial charge in [-0.15, -0.1) is 0 Å². The summed E-state index contributed by atoms with van der Waals surface area (Å²) in [6.07, 6.45) is 2.25. The lowest BCUT2D eigenvalue weighted by molar-refractivity contribution is -0.140. The predicted octanol–water partition coefficient (Wildman–Crippen LogP) is 0.892. The minimum Gasteiger partial charge on any atom is -0.481 e. The molecule has 1 heterocycles. The van der Waals surface area contributed by atoms with E-state index in [1.165, 1.54) is 18.5 Å². The SMILES string of the molecule is O=C(O)CC[C@H](NC(=O)c1cncc(Br)c1)C(=O)O. The lowest BCUT2D eigenvalue weighted by Gasteiger charge is -2.13. The summed E-state index contributed by atoms with van der Waals surface area (Å²) >= 11 is 3.14. The Kier molecular flexibility index (Phi) is 5.43. The largest absolute Gasteiger partial charge is 0.481 e. The fourth-order valence-electron chi connectivity index (χ4n) is 1.30. The summed E-state index contributed by atoms with van der Waals surface area (Å²) in [4.78, 5) is 36.9. The highest BCUT2D eigenvalue weighted by Gasteiger charge is 2.21. The second-order valence-electron chi connectivity index (χ2n) is 3.69. The molecule has 1 aromatic rings. The number of hydrogen-bond donors (Lipinski definition) is 3. The number of aliphatic carboxylic acids is 2. The van der Waals surface area contributed by atoms with Crippen LogP contribution in [0.25, 0.3) is 0 Å². The molecule has 8 heteroatoms. The first kappa shape index (κ1) is 15.1. The molecule has 0 unspecified atom stereocenters. The van der Waals surface area contributed by atoms with E-state index < -0.39 is 23.9 Å². The molecule has 0 aliphatic rings. The van der Waals surface area contributed by atoms with Gasteiger partial charge in [-0.2, -0.15) is 0 Å². The maximum Gasteiger partial charge on any atom is 0.326 e. The highest BCUT2D eigenvalue weighted by atomic mass is 79.9. The van der Waals surface area contributed by atoms with Crippen LogP contribution in [-0.2, 0) is 9.59 Å². The molecule has 0 spiro atoms. The van der Waals surface area contributed by atoms with Crippen LogP contribution in [0.3, 0.4) is 0 Å². The summed E-state index contributed by atoms with van der Waals surface area (Å²) in [5.41, 5.74) is 0.191. The highest BCUT2D eigenvalue weighted by molar-refractivity contribution is 9.10. The van der Waals surface area contributed by atoms with Crippen molar-refractivity contribution in [3.8, 4) is 0 Å². The van der Waals surface area contributed by atoms with Crippen molar-refractivity contribution in [3.63, 3.8) is 0 Å². The summed E-state index contributed by atoms with van der Waals surface area (Å²) in [6, 6.07) is 0.237. The van der Waals surface area contributed by atoms with Gasteiger partial charge in [-0.25, -0.2) is 4.79 Å². The third-order valence-electron chi connectivity index (χ3n) is 2.22. The summed E-state index contributed by atoms with van der Waals surface area (Å²) < 4.78 is 0.581. The van der Waals surface area contributed by atoms with Crippen LogP contribution in [0.5, 0.6) is 0 Å². The third kappa shape index (κ3) is 5.04. The lowest BCUT2D eigenvalue weighted by Crippen LogP contribution is -2.41. The van der Waals surface area contributed by atoms with E-state index in [0.29, 0.717) is 4.47 Å². The third-order valence-corrected chi connectivity index (χ3v) is 2.65. The van der Waals surface area contributed by atoms with E-state index in [9.17, 15) is 14.4 Å². The molecule has 19 heavy (non-hydrogen) atoms. The summed E-state index contributed by atoms with van der Waals surface area (Å²) in [7, 11) is 0. The van der Waals surface area contributed by atoms with Crippen molar-refractivity contribution in [1.82, 2.24) is 10.3 Å². The molecule has 0 saturated carbocycles. The number of nitrogens with zero attached hydrogens (tertiary/aromatic N) is 1. The van der Waals surface area contributed by atoms with Gasteiger partial charge in [-0.05, 0) is 28.4 Å². The molecule has 0 saturated heterocycles. The van der Waals surface area contributed by atoms with Crippen LogP contribution in [0.1, 0.15) is 23.2 Å². The predicted molar refractivity (Wildman–Crippen MR) is 67.7 cm³/mol. The van der Waals surface area contributed by atoms with E-state index in [2.05, 4.69) is 26.2 Å². The zero-order chi connectivity index (χ0) is 14.4. The number of rotatable bonds is 6. The molecule has 0 bridgehead atoms. The zero-order valence-corrected chi connectivity index (χ0v) is 11.3. The number of aromatic nitrogens is 1. The monoisotopic (exact) mass is 330 g/mol. The van der Waals surface area contributed by atoms with Crippen molar-refractivity contribution in [3.05, 3.63) is 28.5 Å². The van der Waals surface area contributed by atoms with Gasteiger partial charge in [0.2, 0.25) is 0 Å². The fourth-order valence-corrected chi connectivity index (χ4v) is 1.67. The van der Waals surface area contributed by atoms with Crippen molar-refractivity contribution >= 4 is 33.8 Å². The van der Waals surface area contributed by atoms with Crippen LogP contribution in [0.15, 0.2) is 22.9 Å². The first-order chi connectivity index (χ1) is 8.90. The maximum absolute atomic E-state index is 11.8. The van der Waals surface area contributed by atoms with Gasteiger partial charge in [-0.1, -0.05) is 0 Å². The Morgan fingerprint density at radius 3 is 2.53 bits per heavy atom. The molecule has 1 rings (SSSR count). The number of carbonyl (C=O) groups is 3. The van der Waals surface area contributed by atoms with E-state index in [-0.39, 0.29) is 18.4 Å². The lowest BCUT2D eigenvalue weighted by atomic mass is 10.1. The number of halogens is 1. The minimum absolute atomic E-state index is 0.183. The Morgan fingerprint density at radius 1 is 1.32 bits per heavy atom. The first-order valence-electron chi connectivity index (χ1n) is 5.26. The average Bonchev–Trinajstić information content (AvgIpc) is 2.33. The number of pyridine rings is 1. The van der Waals surface area contributed by atoms with Gasteiger partial charge in [-0.3, -0.25) is 14.6 Å². The molecule has 0 aliphatic carbocycles. The molecule has 102 valence electrons. The van der Waals surface area contributed by atoms with Crippen LogP contribution in [0.4, 0.5) is 0 Å².